The average molecular weight is 295 g/mol. The van der Waals surface area contributed by atoms with Crippen molar-refractivity contribution in [3.05, 3.63) is 0 Å². The summed E-state index contributed by atoms with van der Waals surface area (Å²) in [7, 11) is 0. The van der Waals surface area contributed by atoms with E-state index < -0.39 is 0 Å². The van der Waals surface area contributed by atoms with E-state index in [0.29, 0.717) is 11.8 Å². The number of carbonyl (C=O) groups excluding carboxylic acids is 1. The van der Waals surface area contributed by atoms with Gasteiger partial charge in [0.1, 0.15) is 0 Å². The Balaban J connectivity index is 1.40. The standard InChI is InChI=1S/C16H29N3O2/c1-13(15-10-17-11-15)16(20)19-6-4-18(5-7-19)12-14-2-8-21-9-3-14/h13-15,17H,2-12H2,1H3. The number of rotatable bonds is 4. The summed E-state index contributed by atoms with van der Waals surface area (Å²) >= 11 is 0. The Morgan fingerprint density at radius 3 is 2.43 bits per heavy atom. The summed E-state index contributed by atoms with van der Waals surface area (Å²) in [5, 5.41) is 3.26. The van der Waals surface area contributed by atoms with Crippen molar-refractivity contribution < 1.29 is 9.53 Å². The smallest absolute Gasteiger partial charge is 0.225 e. The Morgan fingerprint density at radius 1 is 1.19 bits per heavy atom. The minimum Gasteiger partial charge on any atom is -0.381 e. The molecule has 1 N–H and O–H groups in total. The molecule has 1 unspecified atom stereocenters. The summed E-state index contributed by atoms with van der Waals surface area (Å²) in [6.07, 6.45) is 2.40. The summed E-state index contributed by atoms with van der Waals surface area (Å²) < 4.78 is 5.43. The van der Waals surface area contributed by atoms with E-state index in [0.717, 1.165) is 58.4 Å². The molecule has 1 atom stereocenters. The average Bonchev–Trinajstić information content (AvgIpc) is 2.46. The Bertz CT molecular complexity index is 345. The first-order valence-corrected chi connectivity index (χ1v) is 8.53. The van der Waals surface area contributed by atoms with Crippen LogP contribution < -0.4 is 5.32 Å². The quantitative estimate of drug-likeness (QED) is 0.816. The van der Waals surface area contributed by atoms with Crippen molar-refractivity contribution in [3.8, 4) is 0 Å². The zero-order valence-corrected chi connectivity index (χ0v) is 13.2. The van der Waals surface area contributed by atoms with Gasteiger partial charge >= 0.3 is 0 Å². The molecule has 3 saturated heterocycles. The zero-order chi connectivity index (χ0) is 14.7. The molecule has 3 heterocycles. The third kappa shape index (κ3) is 3.76. The van der Waals surface area contributed by atoms with Crippen LogP contribution in [-0.2, 0) is 9.53 Å². The molecule has 21 heavy (non-hydrogen) atoms. The van der Waals surface area contributed by atoms with Gasteiger partial charge in [0.2, 0.25) is 5.91 Å². The molecule has 1 amide bonds. The first-order chi connectivity index (χ1) is 10.2. The number of hydrogen-bond donors (Lipinski definition) is 1. The Morgan fingerprint density at radius 2 is 1.86 bits per heavy atom. The van der Waals surface area contributed by atoms with Crippen LogP contribution in [0.4, 0.5) is 0 Å². The molecule has 0 aromatic heterocycles. The molecule has 0 bridgehead atoms. The van der Waals surface area contributed by atoms with E-state index in [1.54, 1.807) is 0 Å². The molecule has 3 fully saturated rings. The second kappa shape index (κ2) is 7.07. The van der Waals surface area contributed by atoms with Gasteiger partial charge in [0.25, 0.3) is 0 Å². The van der Waals surface area contributed by atoms with Crippen LogP contribution in [0.15, 0.2) is 0 Å². The molecule has 0 radical (unpaired) electrons. The first kappa shape index (κ1) is 15.3. The van der Waals surface area contributed by atoms with Gasteiger partial charge in [0.15, 0.2) is 0 Å². The van der Waals surface area contributed by atoms with Crippen LogP contribution in [0, 0.1) is 17.8 Å². The van der Waals surface area contributed by atoms with Crippen LogP contribution >= 0.6 is 0 Å². The lowest BCUT2D eigenvalue weighted by atomic mass is 9.88. The summed E-state index contributed by atoms with van der Waals surface area (Å²) in [6.45, 7) is 11.1. The molecule has 0 aliphatic carbocycles. The summed E-state index contributed by atoms with van der Waals surface area (Å²) in [5.74, 6) is 1.90. The predicted molar refractivity (Wildman–Crippen MR) is 82.1 cm³/mol. The first-order valence-electron chi connectivity index (χ1n) is 8.53. The van der Waals surface area contributed by atoms with E-state index in [-0.39, 0.29) is 5.92 Å². The summed E-state index contributed by atoms with van der Waals surface area (Å²) in [6, 6.07) is 0. The van der Waals surface area contributed by atoms with Gasteiger partial charge in [0, 0.05) is 51.9 Å². The fraction of sp³-hybridized carbons (Fsp3) is 0.938. The van der Waals surface area contributed by atoms with E-state index in [1.165, 1.54) is 19.4 Å². The summed E-state index contributed by atoms with van der Waals surface area (Å²) in [4.78, 5) is 17.1. The molecule has 0 aromatic carbocycles. The van der Waals surface area contributed by atoms with E-state index >= 15 is 0 Å². The molecule has 3 aliphatic heterocycles. The number of ether oxygens (including phenoxy) is 1. The molecule has 5 nitrogen and oxygen atoms in total. The van der Waals surface area contributed by atoms with Crippen LogP contribution in [0.1, 0.15) is 19.8 Å². The number of hydrogen-bond acceptors (Lipinski definition) is 4. The largest absolute Gasteiger partial charge is 0.381 e. The van der Waals surface area contributed by atoms with Gasteiger partial charge in [-0.05, 0) is 37.8 Å². The Kier molecular flexibility index (Phi) is 5.14. The third-order valence-corrected chi connectivity index (χ3v) is 5.45. The van der Waals surface area contributed by atoms with Crippen LogP contribution in [0.2, 0.25) is 0 Å². The Labute approximate surface area is 128 Å². The molecule has 120 valence electrons. The monoisotopic (exact) mass is 295 g/mol. The maximum atomic E-state index is 12.5. The van der Waals surface area contributed by atoms with E-state index in [9.17, 15) is 4.79 Å². The van der Waals surface area contributed by atoms with Crippen molar-refractivity contribution in [2.45, 2.75) is 19.8 Å². The van der Waals surface area contributed by atoms with Gasteiger partial charge in [-0.1, -0.05) is 6.92 Å². The van der Waals surface area contributed by atoms with E-state index in [2.05, 4.69) is 22.0 Å². The van der Waals surface area contributed by atoms with Gasteiger partial charge in [-0.2, -0.15) is 0 Å². The number of amides is 1. The molecule has 0 aromatic rings. The van der Waals surface area contributed by atoms with Crippen molar-refractivity contribution in [3.63, 3.8) is 0 Å². The lowest BCUT2D eigenvalue weighted by molar-refractivity contribution is -0.139. The van der Waals surface area contributed by atoms with Crippen LogP contribution in [-0.4, -0.2) is 74.7 Å². The molecule has 5 heteroatoms. The van der Waals surface area contributed by atoms with Gasteiger partial charge in [0.05, 0.1) is 0 Å². The van der Waals surface area contributed by atoms with Crippen molar-refractivity contribution >= 4 is 5.91 Å². The van der Waals surface area contributed by atoms with Crippen molar-refractivity contribution in [1.82, 2.24) is 15.1 Å². The highest BCUT2D eigenvalue weighted by Crippen LogP contribution is 2.20. The minimum absolute atomic E-state index is 0.188. The molecule has 3 rings (SSSR count). The Hall–Kier alpha value is -0.650. The van der Waals surface area contributed by atoms with Crippen molar-refractivity contribution in [2.75, 3.05) is 59.0 Å². The highest BCUT2D eigenvalue weighted by molar-refractivity contribution is 5.79. The SMILES string of the molecule is CC(C(=O)N1CCN(CC2CCOCC2)CC1)C1CNC1. The van der Waals surface area contributed by atoms with Gasteiger partial charge < -0.3 is 15.0 Å². The summed E-state index contributed by atoms with van der Waals surface area (Å²) in [5.41, 5.74) is 0. The van der Waals surface area contributed by atoms with E-state index in [4.69, 9.17) is 4.74 Å². The van der Waals surface area contributed by atoms with E-state index in [1.807, 2.05) is 0 Å². The highest BCUT2D eigenvalue weighted by atomic mass is 16.5. The topological polar surface area (TPSA) is 44.8 Å². The fourth-order valence-electron chi connectivity index (χ4n) is 3.60. The lowest BCUT2D eigenvalue weighted by Gasteiger charge is -2.40. The second-order valence-corrected chi connectivity index (χ2v) is 6.89. The highest BCUT2D eigenvalue weighted by Gasteiger charge is 2.33. The maximum absolute atomic E-state index is 12.5. The van der Waals surface area contributed by atoms with Crippen LogP contribution in [0.3, 0.4) is 0 Å². The van der Waals surface area contributed by atoms with Gasteiger partial charge in [-0.25, -0.2) is 0 Å². The fourth-order valence-corrected chi connectivity index (χ4v) is 3.60. The third-order valence-electron chi connectivity index (χ3n) is 5.45. The second-order valence-electron chi connectivity index (χ2n) is 6.89. The lowest BCUT2D eigenvalue weighted by Crippen LogP contribution is -2.55. The zero-order valence-electron chi connectivity index (χ0n) is 13.2. The van der Waals surface area contributed by atoms with Crippen molar-refractivity contribution in [2.24, 2.45) is 17.8 Å². The molecular weight excluding hydrogens is 266 g/mol. The van der Waals surface area contributed by atoms with Gasteiger partial charge in [-0.15, -0.1) is 0 Å². The number of nitrogens with one attached hydrogen (secondary N) is 1. The van der Waals surface area contributed by atoms with Gasteiger partial charge in [-0.3, -0.25) is 9.69 Å². The minimum atomic E-state index is 0.188. The maximum Gasteiger partial charge on any atom is 0.225 e. The number of nitrogens with zero attached hydrogens (tertiary/aromatic N) is 2. The number of carbonyl (C=O) groups is 1. The van der Waals surface area contributed by atoms with Crippen LogP contribution in [0.5, 0.6) is 0 Å². The molecule has 3 aliphatic rings. The predicted octanol–water partition coefficient (Wildman–Crippen LogP) is 0.413. The molecule has 0 spiro atoms. The van der Waals surface area contributed by atoms with Crippen LogP contribution in [0.25, 0.3) is 0 Å². The molecular formula is C16H29N3O2. The number of piperazine rings is 1. The normalized spacial score (nSPS) is 27.4. The van der Waals surface area contributed by atoms with Crippen molar-refractivity contribution in [1.29, 1.82) is 0 Å². The molecule has 0 saturated carbocycles.